The number of guanidine groups is 1. The predicted molar refractivity (Wildman–Crippen MR) is 131 cm³/mol. The Kier molecular flexibility index (Phi) is 10.9. The van der Waals surface area contributed by atoms with E-state index in [9.17, 15) is 0 Å². The van der Waals surface area contributed by atoms with Crippen LogP contribution < -0.4 is 10.1 Å². The van der Waals surface area contributed by atoms with Gasteiger partial charge in [-0.05, 0) is 11.6 Å². The molecule has 1 aliphatic rings. The van der Waals surface area contributed by atoms with Crippen LogP contribution in [0, 0.1) is 0 Å². The predicted octanol–water partition coefficient (Wildman–Crippen LogP) is 2.62. The third-order valence-electron chi connectivity index (χ3n) is 4.95. The number of piperazine rings is 1. The largest absolute Gasteiger partial charge is 0.475 e. The Hall–Kier alpha value is -1.91. The molecule has 1 fully saturated rings. The van der Waals surface area contributed by atoms with Gasteiger partial charge in [-0.15, -0.1) is 24.0 Å². The maximum absolute atomic E-state index is 5.72. The number of aliphatic imine (C=N–C) groups is 1. The summed E-state index contributed by atoms with van der Waals surface area (Å²) < 4.78 is 10.8. The lowest BCUT2D eigenvalue weighted by Gasteiger charge is -2.36. The Balaban J connectivity index is 0.00000320. The zero-order valence-electron chi connectivity index (χ0n) is 17.8. The van der Waals surface area contributed by atoms with E-state index in [4.69, 9.17) is 9.47 Å². The molecule has 0 atom stereocenters. The quantitative estimate of drug-likeness (QED) is 0.248. The molecule has 164 valence electrons. The van der Waals surface area contributed by atoms with Gasteiger partial charge in [0.2, 0.25) is 5.88 Å². The molecule has 1 aromatic carbocycles. The third-order valence-corrected chi connectivity index (χ3v) is 4.95. The zero-order chi connectivity index (χ0) is 20.3. The van der Waals surface area contributed by atoms with E-state index in [-0.39, 0.29) is 24.0 Å². The maximum atomic E-state index is 5.72. The first-order chi connectivity index (χ1) is 14.3. The van der Waals surface area contributed by atoms with Gasteiger partial charge < -0.3 is 19.7 Å². The third kappa shape index (κ3) is 7.41. The van der Waals surface area contributed by atoms with Crippen LogP contribution in [0.4, 0.5) is 0 Å². The van der Waals surface area contributed by atoms with E-state index in [0.29, 0.717) is 25.6 Å². The van der Waals surface area contributed by atoms with Gasteiger partial charge >= 0.3 is 0 Å². The summed E-state index contributed by atoms with van der Waals surface area (Å²) in [4.78, 5) is 13.6. The summed E-state index contributed by atoms with van der Waals surface area (Å²) in [5, 5.41) is 3.46. The molecule has 8 heteroatoms. The molecule has 0 bridgehead atoms. The molecular weight excluding hydrogens is 493 g/mol. The highest BCUT2D eigenvalue weighted by molar-refractivity contribution is 14.0. The second kappa shape index (κ2) is 13.4. The number of halogens is 1. The molecule has 1 N–H and O–H groups in total. The minimum absolute atomic E-state index is 0. The molecule has 1 aliphatic heterocycles. The number of aromatic nitrogens is 1. The van der Waals surface area contributed by atoms with Crippen LogP contribution in [0.5, 0.6) is 5.88 Å². The smallest absolute Gasteiger partial charge is 0.218 e. The summed E-state index contributed by atoms with van der Waals surface area (Å²) in [5.74, 6) is 1.55. The van der Waals surface area contributed by atoms with Crippen molar-refractivity contribution >= 4 is 29.9 Å². The van der Waals surface area contributed by atoms with Crippen molar-refractivity contribution in [3.05, 3.63) is 59.8 Å². The summed E-state index contributed by atoms with van der Waals surface area (Å²) in [7, 11) is 3.49. The first-order valence-electron chi connectivity index (χ1n) is 10.1. The van der Waals surface area contributed by atoms with E-state index in [1.807, 2.05) is 19.2 Å². The number of hydrogen-bond donors (Lipinski definition) is 1. The first-order valence-corrected chi connectivity index (χ1v) is 10.1. The van der Waals surface area contributed by atoms with Crippen LogP contribution in [-0.4, -0.2) is 74.3 Å². The second-order valence-corrected chi connectivity index (χ2v) is 6.96. The van der Waals surface area contributed by atoms with Gasteiger partial charge in [0.05, 0.1) is 6.61 Å². The van der Waals surface area contributed by atoms with Crippen molar-refractivity contribution in [2.75, 3.05) is 53.6 Å². The number of ether oxygens (including phenoxy) is 2. The first kappa shape index (κ1) is 24.4. The number of methoxy groups -OCH3 is 1. The van der Waals surface area contributed by atoms with Gasteiger partial charge in [-0.3, -0.25) is 9.89 Å². The number of pyridine rings is 1. The lowest BCUT2D eigenvalue weighted by atomic mass is 10.2. The van der Waals surface area contributed by atoms with Gasteiger partial charge in [0.25, 0.3) is 0 Å². The van der Waals surface area contributed by atoms with Gasteiger partial charge in [0.1, 0.15) is 6.61 Å². The van der Waals surface area contributed by atoms with Gasteiger partial charge in [-0.25, -0.2) is 4.98 Å². The Bertz CT molecular complexity index is 767. The molecular formula is C22H32IN5O2. The van der Waals surface area contributed by atoms with Crippen molar-refractivity contribution in [3.8, 4) is 5.88 Å². The fraction of sp³-hybridized carbons (Fsp3) is 0.455. The van der Waals surface area contributed by atoms with Crippen LogP contribution in [0.25, 0.3) is 0 Å². The summed E-state index contributed by atoms with van der Waals surface area (Å²) in [6.07, 6.45) is 1.74. The molecule has 1 aromatic heterocycles. The maximum Gasteiger partial charge on any atom is 0.218 e. The normalized spacial score (nSPS) is 14.9. The molecule has 0 saturated carbocycles. The van der Waals surface area contributed by atoms with E-state index in [1.54, 1.807) is 13.3 Å². The average Bonchev–Trinajstić information content (AvgIpc) is 2.77. The molecule has 7 nitrogen and oxygen atoms in total. The van der Waals surface area contributed by atoms with Crippen LogP contribution in [0.1, 0.15) is 11.1 Å². The highest BCUT2D eigenvalue weighted by Crippen LogP contribution is 2.14. The summed E-state index contributed by atoms with van der Waals surface area (Å²) in [6.45, 7) is 6.60. The number of nitrogens with zero attached hydrogens (tertiary/aromatic N) is 4. The minimum Gasteiger partial charge on any atom is -0.475 e. The second-order valence-electron chi connectivity index (χ2n) is 6.96. The number of rotatable bonds is 8. The highest BCUT2D eigenvalue weighted by Gasteiger charge is 2.20. The lowest BCUT2D eigenvalue weighted by molar-refractivity contribution is 0.143. The summed E-state index contributed by atoms with van der Waals surface area (Å²) in [5.41, 5.74) is 2.37. The molecule has 3 rings (SSSR count). The van der Waals surface area contributed by atoms with Crippen molar-refractivity contribution in [3.63, 3.8) is 0 Å². The summed E-state index contributed by atoms with van der Waals surface area (Å²) in [6, 6.07) is 14.6. The van der Waals surface area contributed by atoms with Crippen molar-refractivity contribution in [1.29, 1.82) is 0 Å². The van der Waals surface area contributed by atoms with Crippen LogP contribution in [0.15, 0.2) is 53.7 Å². The van der Waals surface area contributed by atoms with E-state index in [1.165, 1.54) is 5.56 Å². The number of benzene rings is 1. The molecule has 1 saturated heterocycles. The Morgan fingerprint density at radius 3 is 2.53 bits per heavy atom. The molecule has 0 radical (unpaired) electrons. The fourth-order valence-corrected chi connectivity index (χ4v) is 3.38. The molecule has 0 aliphatic carbocycles. The lowest BCUT2D eigenvalue weighted by Crippen LogP contribution is -2.52. The van der Waals surface area contributed by atoms with E-state index in [2.05, 4.69) is 55.4 Å². The van der Waals surface area contributed by atoms with Gasteiger partial charge in [-0.1, -0.05) is 36.4 Å². The van der Waals surface area contributed by atoms with Crippen LogP contribution >= 0.6 is 24.0 Å². The molecule has 0 unspecified atom stereocenters. The number of hydrogen-bond acceptors (Lipinski definition) is 5. The van der Waals surface area contributed by atoms with Crippen LogP contribution in [0.2, 0.25) is 0 Å². The van der Waals surface area contributed by atoms with Gasteiger partial charge in [0.15, 0.2) is 5.96 Å². The number of nitrogens with one attached hydrogen (secondary N) is 1. The fourth-order valence-electron chi connectivity index (χ4n) is 3.38. The highest BCUT2D eigenvalue weighted by atomic mass is 127. The van der Waals surface area contributed by atoms with Crippen LogP contribution in [-0.2, 0) is 17.8 Å². The minimum atomic E-state index is 0. The Labute approximate surface area is 196 Å². The SMILES string of the molecule is CN=C(NCc1cccnc1OCCOC)N1CCN(Cc2ccccc2)CC1.I. The zero-order valence-corrected chi connectivity index (χ0v) is 20.1. The van der Waals surface area contributed by atoms with Crippen molar-refractivity contribution < 1.29 is 9.47 Å². The van der Waals surface area contributed by atoms with E-state index < -0.39 is 0 Å². The van der Waals surface area contributed by atoms with Gasteiger partial charge in [0, 0.05) is 65.2 Å². The molecule has 0 amide bonds. The van der Waals surface area contributed by atoms with Crippen LogP contribution in [0.3, 0.4) is 0 Å². The average molecular weight is 525 g/mol. The Morgan fingerprint density at radius 2 is 1.83 bits per heavy atom. The topological polar surface area (TPSA) is 62.2 Å². The van der Waals surface area contributed by atoms with Crippen molar-refractivity contribution in [1.82, 2.24) is 20.1 Å². The molecule has 2 aromatic rings. The Morgan fingerprint density at radius 1 is 1.07 bits per heavy atom. The standard InChI is InChI=1S/C22H31N5O2.HI/c1-23-22(25-17-20-9-6-10-24-21(20)29-16-15-28-2)27-13-11-26(12-14-27)18-19-7-4-3-5-8-19;/h3-10H,11-18H2,1-2H3,(H,23,25);1H. The molecule has 0 spiro atoms. The monoisotopic (exact) mass is 525 g/mol. The van der Waals surface area contributed by atoms with Crippen molar-refractivity contribution in [2.24, 2.45) is 4.99 Å². The van der Waals surface area contributed by atoms with Crippen molar-refractivity contribution in [2.45, 2.75) is 13.1 Å². The van der Waals surface area contributed by atoms with Gasteiger partial charge in [-0.2, -0.15) is 0 Å². The van der Waals surface area contributed by atoms with E-state index in [0.717, 1.165) is 44.2 Å². The molecule has 30 heavy (non-hydrogen) atoms. The molecule has 2 heterocycles. The van der Waals surface area contributed by atoms with E-state index >= 15 is 0 Å². The summed E-state index contributed by atoms with van der Waals surface area (Å²) >= 11 is 0.